The molecule has 0 amide bonds. The van der Waals surface area contributed by atoms with Crippen molar-refractivity contribution in [2.75, 3.05) is 0 Å². The van der Waals surface area contributed by atoms with Crippen molar-refractivity contribution in [1.29, 1.82) is 0 Å². The van der Waals surface area contributed by atoms with Crippen molar-refractivity contribution in [3.63, 3.8) is 0 Å². The Morgan fingerprint density at radius 1 is 0.824 bits per heavy atom. The Balaban J connectivity index is -0.0000000265. The second kappa shape index (κ2) is 26.9. The van der Waals surface area contributed by atoms with Gasteiger partial charge in [-0.1, -0.05) is 45.4 Å². The zero-order valence-corrected chi connectivity index (χ0v) is 19.8. The van der Waals surface area contributed by atoms with Gasteiger partial charge in [0, 0.05) is 77.8 Å². The van der Waals surface area contributed by atoms with Crippen LogP contribution < -0.4 is 0 Å². The Labute approximate surface area is 162 Å². The standard InChI is InChI=1S/C6H12.C5H9.2CH3.Fe.V.2W/c1-6-4-2-3-5-6;1-2-4-5-3-1;;;;;;/h6H,2-5H2,1H3;1H,2-5H2;2*1H3;;;;/q;3*-1;;;;. The third-order valence-corrected chi connectivity index (χ3v) is 2.71. The largest absolute Gasteiger partial charge is 0.358 e. The SMILES string of the molecule is CC1CCCC1.[CH-]1CCCC1.[CH3-].[CH3-].[Fe].[V].[W].[W]. The molecular formula is C13H27FeVW2-3. The molecule has 0 spiro atoms. The van der Waals surface area contributed by atoms with Crippen LogP contribution in [0.15, 0.2) is 0 Å². The molecule has 0 aromatic heterocycles. The molecule has 0 aromatic rings. The molecule has 2 aliphatic rings. The van der Waals surface area contributed by atoms with E-state index in [1.54, 1.807) is 0 Å². The van der Waals surface area contributed by atoms with Gasteiger partial charge in [0.2, 0.25) is 0 Å². The van der Waals surface area contributed by atoms with Crippen molar-refractivity contribution >= 4 is 0 Å². The van der Waals surface area contributed by atoms with Gasteiger partial charge in [0.1, 0.15) is 0 Å². The van der Waals surface area contributed by atoms with Crippen LogP contribution in [0.4, 0.5) is 0 Å². The summed E-state index contributed by atoms with van der Waals surface area (Å²) in [5.41, 5.74) is 0. The summed E-state index contributed by atoms with van der Waals surface area (Å²) in [5.74, 6) is 1.05. The number of hydrogen-bond donors (Lipinski definition) is 0. The fraction of sp³-hybridized carbons (Fsp3) is 0.769. The van der Waals surface area contributed by atoms with E-state index in [0.29, 0.717) is 0 Å². The van der Waals surface area contributed by atoms with Gasteiger partial charge in [0.05, 0.1) is 0 Å². The van der Waals surface area contributed by atoms with Crippen LogP contribution in [0.25, 0.3) is 0 Å². The van der Waals surface area contributed by atoms with Gasteiger partial charge in [0.15, 0.2) is 0 Å². The van der Waals surface area contributed by atoms with E-state index >= 15 is 0 Å². The van der Waals surface area contributed by atoms with Crippen molar-refractivity contribution in [2.45, 2.75) is 58.3 Å². The van der Waals surface area contributed by atoms with Gasteiger partial charge in [-0.15, -0.1) is 0 Å². The minimum absolute atomic E-state index is 0. The van der Waals surface area contributed by atoms with E-state index in [4.69, 9.17) is 0 Å². The summed E-state index contributed by atoms with van der Waals surface area (Å²) in [6.45, 7) is 2.34. The Kier molecular flexibility index (Phi) is 58.0. The first-order chi connectivity index (χ1) is 5.39. The third kappa shape index (κ3) is 23.9. The maximum Gasteiger partial charge on any atom is 0 e. The van der Waals surface area contributed by atoms with Gasteiger partial charge in [-0.05, 0) is 5.92 Å². The molecule has 2 saturated carbocycles. The van der Waals surface area contributed by atoms with E-state index in [9.17, 15) is 0 Å². The fourth-order valence-electron chi connectivity index (χ4n) is 1.85. The van der Waals surface area contributed by atoms with Crippen LogP contribution in [0.3, 0.4) is 0 Å². The Bertz CT molecular complexity index is 87.8. The van der Waals surface area contributed by atoms with Gasteiger partial charge >= 0.3 is 0 Å². The molecule has 0 nitrogen and oxygen atoms in total. The van der Waals surface area contributed by atoms with E-state index in [0.717, 1.165) is 5.92 Å². The van der Waals surface area contributed by atoms with E-state index in [-0.39, 0.29) is 92.6 Å². The third-order valence-electron chi connectivity index (χ3n) is 2.71. The molecular weight excluding hydrogens is 631 g/mol. The first kappa shape index (κ1) is 36.6. The minimum atomic E-state index is 0. The second-order valence-electron chi connectivity index (χ2n) is 3.96. The topological polar surface area (TPSA) is 0 Å². The van der Waals surface area contributed by atoms with Crippen molar-refractivity contribution in [3.05, 3.63) is 21.3 Å². The summed E-state index contributed by atoms with van der Waals surface area (Å²) in [6, 6.07) is 0. The summed E-state index contributed by atoms with van der Waals surface area (Å²) in [7, 11) is 0. The smallest absolute Gasteiger partial charge is 0 e. The summed E-state index contributed by atoms with van der Waals surface area (Å²) in [6.07, 6.45) is 13.9. The molecule has 0 N–H and O–H groups in total. The predicted octanol–water partition coefficient (Wildman–Crippen LogP) is 4.85. The summed E-state index contributed by atoms with van der Waals surface area (Å²) >= 11 is 0. The zero-order chi connectivity index (χ0) is 7.94. The van der Waals surface area contributed by atoms with E-state index in [1.807, 2.05) is 0 Å². The summed E-state index contributed by atoms with van der Waals surface area (Å²) in [5, 5.41) is 0. The quantitative estimate of drug-likeness (QED) is 0.258. The van der Waals surface area contributed by atoms with Gasteiger partial charge in [-0.3, -0.25) is 0 Å². The first-order valence-corrected chi connectivity index (χ1v) is 5.21. The molecule has 1 radical (unpaired) electrons. The van der Waals surface area contributed by atoms with Crippen LogP contribution in [0, 0.1) is 27.2 Å². The van der Waals surface area contributed by atoms with Gasteiger partial charge in [0.25, 0.3) is 0 Å². The van der Waals surface area contributed by atoms with Crippen LogP contribution in [-0.2, 0) is 77.8 Å². The molecule has 2 rings (SSSR count). The Morgan fingerprint density at radius 2 is 1.18 bits per heavy atom. The molecule has 0 aromatic carbocycles. The van der Waals surface area contributed by atoms with E-state index < -0.39 is 0 Å². The van der Waals surface area contributed by atoms with E-state index in [2.05, 4.69) is 13.3 Å². The van der Waals surface area contributed by atoms with Gasteiger partial charge in [-0.2, -0.15) is 12.8 Å². The van der Waals surface area contributed by atoms with Crippen LogP contribution >= 0.6 is 0 Å². The summed E-state index contributed by atoms with van der Waals surface area (Å²) in [4.78, 5) is 0. The maximum absolute atomic E-state index is 2.36. The van der Waals surface area contributed by atoms with Crippen LogP contribution in [0.5, 0.6) is 0 Å². The van der Waals surface area contributed by atoms with Crippen molar-refractivity contribution < 1.29 is 77.8 Å². The van der Waals surface area contributed by atoms with Crippen molar-refractivity contribution in [3.8, 4) is 0 Å². The number of rotatable bonds is 0. The maximum atomic E-state index is 2.36. The number of hydrogen-bond acceptors (Lipinski definition) is 0. The first-order valence-electron chi connectivity index (χ1n) is 5.21. The second-order valence-corrected chi connectivity index (χ2v) is 3.96. The summed E-state index contributed by atoms with van der Waals surface area (Å²) < 4.78 is 0. The van der Waals surface area contributed by atoms with Crippen LogP contribution in [0.1, 0.15) is 58.3 Å². The molecule has 0 unspecified atom stereocenters. The molecule has 2 fully saturated rings. The molecule has 0 heterocycles. The molecule has 0 aliphatic heterocycles. The normalized spacial score (nSPS) is 16.1. The monoisotopic (exact) mass is 658 g/mol. The van der Waals surface area contributed by atoms with Crippen LogP contribution in [0.2, 0.25) is 0 Å². The molecule has 0 atom stereocenters. The zero-order valence-electron chi connectivity index (χ0n) is 11.4. The molecule has 17 heavy (non-hydrogen) atoms. The average Bonchev–Trinajstić information content (AvgIpc) is 2.57. The Hall–Kier alpha value is 2.48. The van der Waals surface area contributed by atoms with E-state index in [1.165, 1.54) is 51.4 Å². The Morgan fingerprint density at radius 3 is 1.29 bits per heavy atom. The van der Waals surface area contributed by atoms with Crippen molar-refractivity contribution in [2.24, 2.45) is 5.92 Å². The molecule has 107 valence electrons. The molecule has 0 bridgehead atoms. The fourth-order valence-corrected chi connectivity index (χ4v) is 1.85. The molecule has 4 heteroatoms. The van der Waals surface area contributed by atoms with Crippen LogP contribution in [-0.4, -0.2) is 0 Å². The van der Waals surface area contributed by atoms with Gasteiger partial charge < -0.3 is 21.3 Å². The van der Waals surface area contributed by atoms with Crippen molar-refractivity contribution in [1.82, 2.24) is 0 Å². The molecule has 2 aliphatic carbocycles. The van der Waals surface area contributed by atoms with Gasteiger partial charge in [-0.25, -0.2) is 0 Å². The minimum Gasteiger partial charge on any atom is -0.358 e. The molecule has 0 saturated heterocycles. The predicted molar refractivity (Wildman–Crippen MR) is 63.2 cm³/mol. The average molecular weight is 658 g/mol.